The molecule has 1 N–H and O–H groups in total. The molecule has 4 heteroatoms. The highest BCUT2D eigenvalue weighted by Crippen LogP contribution is 1.74. The van der Waals surface area contributed by atoms with Crippen molar-refractivity contribution in [2.75, 3.05) is 0 Å². The van der Waals surface area contributed by atoms with Crippen LogP contribution in [0.15, 0.2) is 0 Å². The Morgan fingerprint density at radius 3 is 2.50 bits per heavy atom. The summed E-state index contributed by atoms with van der Waals surface area (Å²) in [7, 11) is -2.04. The van der Waals surface area contributed by atoms with Crippen LogP contribution in [-0.4, -0.2) is 17.4 Å². The predicted molar refractivity (Wildman–Crippen MR) is 29.8 cm³/mol. The maximum atomic E-state index is 9.77. The van der Waals surface area contributed by atoms with E-state index in [4.69, 9.17) is 4.55 Å². The molecule has 0 saturated heterocycles. The van der Waals surface area contributed by atoms with Gasteiger partial charge in [0.1, 0.15) is 10.5 Å². The summed E-state index contributed by atoms with van der Waals surface area (Å²) < 4.78 is 17.9. The Bertz CT molecular complexity index is 55.5. The van der Waals surface area contributed by atoms with E-state index in [-0.39, 0.29) is 0 Å². The lowest BCUT2D eigenvalue weighted by Crippen LogP contribution is -1.95. The van der Waals surface area contributed by atoms with Gasteiger partial charge in [0.15, 0.2) is 8.67 Å². The summed E-state index contributed by atoms with van der Waals surface area (Å²) in [6.07, 6.45) is 0. The normalized spacial score (nSPS) is 16.3. The highest BCUT2D eigenvalue weighted by molar-refractivity contribution is 8.05. The molecule has 38 valence electrons. The fourth-order valence-corrected chi connectivity index (χ4v) is 1.57. The van der Waals surface area contributed by atoms with Gasteiger partial charge in [0, 0.05) is 0 Å². The van der Waals surface area contributed by atoms with E-state index in [0.29, 0.717) is 0 Å². The van der Waals surface area contributed by atoms with Crippen molar-refractivity contribution in [1.29, 1.82) is 0 Å². The van der Waals surface area contributed by atoms with Gasteiger partial charge in [0.25, 0.3) is 0 Å². The van der Waals surface area contributed by atoms with Crippen LogP contribution >= 0.6 is 0 Å². The minimum atomic E-state index is -1.43. The molecule has 0 aliphatic carbocycles. The molecule has 6 heavy (non-hydrogen) atoms. The van der Waals surface area contributed by atoms with Gasteiger partial charge in [-0.05, 0) is 0 Å². The van der Waals surface area contributed by atoms with Gasteiger partial charge in [-0.1, -0.05) is 13.0 Å². The number of rotatable bonds is 2. The summed E-state index contributed by atoms with van der Waals surface area (Å²) in [6.45, 7) is 1.93. The van der Waals surface area contributed by atoms with Gasteiger partial charge in [-0.3, -0.25) is 0 Å². The summed E-state index contributed by atoms with van der Waals surface area (Å²) in [4.78, 5) is 0. The van der Waals surface area contributed by atoms with Gasteiger partial charge in [-0.25, -0.2) is 4.21 Å². The molecule has 0 aliphatic heterocycles. The van der Waals surface area contributed by atoms with Gasteiger partial charge < -0.3 is 4.55 Å². The van der Waals surface area contributed by atoms with E-state index in [1.54, 1.807) is 0 Å². The van der Waals surface area contributed by atoms with Crippen molar-refractivity contribution in [3.05, 3.63) is 0 Å². The molecule has 0 aromatic heterocycles. The Morgan fingerprint density at radius 2 is 2.50 bits per heavy atom. The van der Waals surface area contributed by atoms with Crippen LogP contribution in [0.25, 0.3) is 0 Å². The first-order valence-electron chi connectivity index (χ1n) is 1.85. The van der Waals surface area contributed by atoms with Crippen molar-refractivity contribution in [1.82, 2.24) is 0 Å². The summed E-state index contributed by atoms with van der Waals surface area (Å²) in [5.41, 5.74) is 0. The number of hydrogen-bond donors (Lipinski definition) is 1. The van der Waals surface area contributed by atoms with Crippen LogP contribution in [0.1, 0.15) is 6.92 Å². The molecule has 0 amide bonds. The van der Waals surface area contributed by atoms with Crippen LogP contribution in [0, 0.1) is 0 Å². The lowest BCUT2D eigenvalue weighted by Gasteiger charge is -1.79. The molecule has 0 heterocycles. The topological polar surface area (TPSA) is 37.3 Å². The van der Waals surface area contributed by atoms with Crippen molar-refractivity contribution < 1.29 is 8.76 Å². The smallest absolute Gasteiger partial charge is 0.162 e. The predicted octanol–water partition coefficient (Wildman–Crippen LogP) is -0.270. The molecule has 0 aliphatic rings. The zero-order valence-electron chi connectivity index (χ0n) is 3.68. The lowest BCUT2D eigenvalue weighted by molar-refractivity contribution is 0.579. The van der Waals surface area contributed by atoms with E-state index in [0.717, 1.165) is 6.04 Å². The van der Waals surface area contributed by atoms with E-state index in [2.05, 4.69) is 0 Å². The van der Waals surface area contributed by atoms with Gasteiger partial charge >= 0.3 is 0 Å². The first-order chi connectivity index (χ1) is 2.77. The van der Waals surface area contributed by atoms with Crippen molar-refractivity contribution in [3.63, 3.8) is 0 Å². The molecule has 0 aromatic carbocycles. The average molecular weight is 124 g/mol. The van der Waals surface area contributed by atoms with Gasteiger partial charge in [-0.15, -0.1) is 0 Å². The standard InChI is InChI=1S/C2H8O2SSi/c1-2-6-5(3)4/h2,6H2,1H3,(H,3,4). The molecule has 0 bridgehead atoms. The molecule has 0 radical (unpaired) electrons. The lowest BCUT2D eigenvalue weighted by atomic mass is 11.0. The number of hydrogen-bond acceptors (Lipinski definition) is 1. The molecule has 0 aromatic rings. The van der Waals surface area contributed by atoms with Crippen LogP contribution in [0.2, 0.25) is 6.04 Å². The van der Waals surface area contributed by atoms with E-state index in [1.165, 1.54) is 0 Å². The molecule has 0 rings (SSSR count). The first-order valence-corrected chi connectivity index (χ1v) is 5.85. The third-order valence-electron chi connectivity index (χ3n) is 0.379. The molecule has 1 unspecified atom stereocenters. The van der Waals surface area contributed by atoms with Crippen molar-refractivity contribution >= 4 is 19.2 Å². The first kappa shape index (κ1) is 6.33. The maximum absolute atomic E-state index is 9.77. The fraction of sp³-hybridized carbons (Fsp3) is 1.00. The van der Waals surface area contributed by atoms with Crippen LogP contribution in [0.5, 0.6) is 0 Å². The molecule has 0 spiro atoms. The summed E-state index contributed by atoms with van der Waals surface area (Å²) in [5, 5.41) is 0. The second kappa shape index (κ2) is 3.51. The highest BCUT2D eigenvalue weighted by Gasteiger charge is 1.85. The largest absolute Gasteiger partial charge is 0.312 e. The Balaban J connectivity index is 2.83. The quantitative estimate of drug-likeness (QED) is 0.406. The second-order valence-corrected chi connectivity index (χ2v) is 5.78. The van der Waals surface area contributed by atoms with E-state index < -0.39 is 19.2 Å². The van der Waals surface area contributed by atoms with Gasteiger partial charge in [0.05, 0.1) is 0 Å². The zero-order valence-corrected chi connectivity index (χ0v) is 5.91. The molecule has 1 atom stereocenters. The van der Waals surface area contributed by atoms with Gasteiger partial charge in [-0.2, -0.15) is 0 Å². The Hall–Kier alpha value is 0.327. The van der Waals surface area contributed by atoms with E-state index >= 15 is 0 Å². The van der Waals surface area contributed by atoms with Crippen LogP contribution in [0.4, 0.5) is 0 Å². The van der Waals surface area contributed by atoms with E-state index in [1.807, 2.05) is 6.92 Å². The average Bonchev–Trinajstić information content (AvgIpc) is 1.35. The minimum Gasteiger partial charge on any atom is -0.312 e. The minimum absolute atomic E-state index is 0.616. The molecular formula is C2H8O2SSi. The van der Waals surface area contributed by atoms with Crippen LogP contribution in [-0.2, 0) is 10.5 Å². The SMILES string of the molecule is CC[SiH2]S(=O)O. The monoisotopic (exact) mass is 124 g/mol. The molecular weight excluding hydrogens is 116 g/mol. The second-order valence-electron chi connectivity index (χ2n) is 1.03. The molecule has 2 nitrogen and oxygen atoms in total. The Labute approximate surface area is 41.7 Å². The molecule has 0 saturated carbocycles. The summed E-state index contributed by atoms with van der Waals surface area (Å²) in [6, 6.07) is 0.920. The maximum Gasteiger partial charge on any atom is 0.162 e. The fourth-order valence-electron chi connectivity index (χ4n) is 0.175. The Kier molecular flexibility index (Phi) is 3.71. The van der Waals surface area contributed by atoms with Crippen molar-refractivity contribution in [2.24, 2.45) is 0 Å². The van der Waals surface area contributed by atoms with Crippen molar-refractivity contribution in [3.8, 4) is 0 Å². The molecule has 0 fully saturated rings. The van der Waals surface area contributed by atoms with Crippen molar-refractivity contribution in [2.45, 2.75) is 13.0 Å². The summed E-state index contributed by atoms with van der Waals surface area (Å²) >= 11 is 0. The highest BCUT2D eigenvalue weighted by atomic mass is 32.4. The summed E-state index contributed by atoms with van der Waals surface area (Å²) in [5.74, 6) is 0. The van der Waals surface area contributed by atoms with Gasteiger partial charge in [0.2, 0.25) is 0 Å². The Morgan fingerprint density at radius 1 is 2.00 bits per heavy atom. The third-order valence-corrected chi connectivity index (χ3v) is 3.41. The van der Waals surface area contributed by atoms with E-state index in [9.17, 15) is 4.21 Å². The third kappa shape index (κ3) is 4.33. The van der Waals surface area contributed by atoms with Crippen LogP contribution in [0.3, 0.4) is 0 Å². The zero-order chi connectivity index (χ0) is 4.99. The van der Waals surface area contributed by atoms with Crippen LogP contribution < -0.4 is 0 Å².